The lowest BCUT2D eigenvalue weighted by Gasteiger charge is -2.50. The van der Waals surface area contributed by atoms with Gasteiger partial charge in [-0.25, -0.2) is 0 Å². The second-order valence-electron chi connectivity index (χ2n) is 4.77. The Kier molecular flexibility index (Phi) is 2.13. The molecule has 0 aromatic rings. The maximum Gasteiger partial charge on any atom is 0.00803 e. The predicted octanol–water partition coefficient (Wildman–Crippen LogP) is 1.08. The molecule has 2 aliphatic rings. The maximum absolute atomic E-state index is 3.40. The molecule has 12 heavy (non-hydrogen) atoms. The molecule has 70 valence electrons. The molecule has 0 atom stereocenters. The Balaban J connectivity index is 1.94. The minimum Gasteiger partial charge on any atom is -0.315 e. The van der Waals surface area contributed by atoms with E-state index in [1.165, 1.54) is 39.0 Å². The Morgan fingerprint density at radius 2 is 2.08 bits per heavy atom. The number of rotatable bonds is 1. The highest BCUT2D eigenvalue weighted by Gasteiger charge is 2.40. The molecule has 0 aromatic carbocycles. The third-order valence-corrected chi connectivity index (χ3v) is 3.42. The molecule has 2 saturated heterocycles. The Morgan fingerprint density at radius 1 is 1.33 bits per heavy atom. The summed E-state index contributed by atoms with van der Waals surface area (Å²) in [5.41, 5.74) is 0.669. The van der Waals surface area contributed by atoms with Gasteiger partial charge in [0.05, 0.1) is 0 Å². The normalized spacial score (nSPS) is 29.2. The highest BCUT2D eigenvalue weighted by Crippen LogP contribution is 2.33. The van der Waals surface area contributed by atoms with Crippen LogP contribution in [0.4, 0.5) is 0 Å². The van der Waals surface area contributed by atoms with Gasteiger partial charge in [0, 0.05) is 31.1 Å². The second kappa shape index (κ2) is 3.00. The van der Waals surface area contributed by atoms with Crippen LogP contribution in [0.2, 0.25) is 0 Å². The van der Waals surface area contributed by atoms with Crippen molar-refractivity contribution in [2.75, 3.05) is 26.2 Å². The van der Waals surface area contributed by atoms with E-state index >= 15 is 0 Å². The zero-order valence-corrected chi connectivity index (χ0v) is 8.27. The van der Waals surface area contributed by atoms with Crippen LogP contribution in [0.25, 0.3) is 0 Å². The van der Waals surface area contributed by atoms with E-state index < -0.39 is 0 Å². The Labute approximate surface area is 75.3 Å². The SMILES string of the molecule is CC(C)N1CCCC2(CNC2)C1. The van der Waals surface area contributed by atoms with E-state index in [1.807, 2.05) is 0 Å². The molecule has 2 heterocycles. The van der Waals surface area contributed by atoms with Gasteiger partial charge in [-0.3, -0.25) is 0 Å². The molecule has 1 spiro atoms. The molecule has 0 aromatic heterocycles. The van der Waals surface area contributed by atoms with Crippen molar-refractivity contribution in [1.82, 2.24) is 10.2 Å². The lowest BCUT2D eigenvalue weighted by Crippen LogP contribution is -2.61. The largest absolute Gasteiger partial charge is 0.315 e. The van der Waals surface area contributed by atoms with Crippen molar-refractivity contribution in [3.63, 3.8) is 0 Å². The summed E-state index contributed by atoms with van der Waals surface area (Å²) in [4.78, 5) is 2.63. The summed E-state index contributed by atoms with van der Waals surface area (Å²) in [6.45, 7) is 9.79. The first-order valence-electron chi connectivity index (χ1n) is 5.17. The molecule has 0 unspecified atom stereocenters. The summed E-state index contributed by atoms with van der Waals surface area (Å²) in [5.74, 6) is 0. The van der Waals surface area contributed by atoms with E-state index in [0.717, 1.165) is 6.04 Å². The molecule has 2 aliphatic heterocycles. The zero-order chi connectivity index (χ0) is 8.60. The van der Waals surface area contributed by atoms with Gasteiger partial charge in [-0.1, -0.05) is 0 Å². The fourth-order valence-electron chi connectivity index (χ4n) is 2.45. The predicted molar refractivity (Wildman–Crippen MR) is 51.2 cm³/mol. The van der Waals surface area contributed by atoms with Crippen LogP contribution in [0.1, 0.15) is 26.7 Å². The third kappa shape index (κ3) is 1.38. The van der Waals surface area contributed by atoms with Gasteiger partial charge in [0.25, 0.3) is 0 Å². The topological polar surface area (TPSA) is 15.3 Å². The number of nitrogens with one attached hydrogen (secondary N) is 1. The summed E-state index contributed by atoms with van der Waals surface area (Å²) >= 11 is 0. The van der Waals surface area contributed by atoms with Crippen molar-refractivity contribution in [3.8, 4) is 0 Å². The fourth-order valence-corrected chi connectivity index (χ4v) is 2.45. The molecule has 0 radical (unpaired) electrons. The number of hydrogen-bond donors (Lipinski definition) is 1. The quantitative estimate of drug-likeness (QED) is 0.630. The monoisotopic (exact) mass is 168 g/mol. The Bertz CT molecular complexity index is 161. The van der Waals surface area contributed by atoms with E-state index in [1.54, 1.807) is 0 Å². The van der Waals surface area contributed by atoms with Crippen molar-refractivity contribution in [1.29, 1.82) is 0 Å². The molecule has 2 rings (SSSR count). The van der Waals surface area contributed by atoms with Gasteiger partial charge in [-0.15, -0.1) is 0 Å². The molecule has 2 fully saturated rings. The second-order valence-corrected chi connectivity index (χ2v) is 4.77. The van der Waals surface area contributed by atoms with Crippen molar-refractivity contribution < 1.29 is 0 Å². The lowest BCUT2D eigenvalue weighted by atomic mass is 9.74. The molecule has 0 aliphatic carbocycles. The smallest absolute Gasteiger partial charge is 0.00803 e. The first-order valence-corrected chi connectivity index (χ1v) is 5.17. The summed E-state index contributed by atoms with van der Waals surface area (Å²) in [7, 11) is 0. The maximum atomic E-state index is 3.40. The molecule has 0 saturated carbocycles. The van der Waals surface area contributed by atoms with Crippen LogP contribution in [-0.2, 0) is 0 Å². The number of likely N-dealkylation sites (tertiary alicyclic amines) is 1. The molecular weight excluding hydrogens is 148 g/mol. The van der Waals surface area contributed by atoms with E-state index in [2.05, 4.69) is 24.1 Å². The van der Waals surface area contributed by atoms with Gasteiger partial charge < -0.3 is 10.2 Å². The van der Waals surface area contributed by atoms with E-state index in [9.17, 15) is 0 Å². The minimum absolute atomic E-state index is 0.669. The van der Waals surface area contributed by atoms with Crippen molar-refractivity contribution in [3.05, 3.63) is 0 Å². The number of hydrogen-bond acceptors (Lipinski definition) is 2. The van der Waals surface area contributed by atoms with Crippen molar-refractivity contribution in [2.24, 2.45) is 5.41 Å². The van der Waals surface area contributed by atoms with Gasteiger partial charge in [-0.2, -0.15) is 0 Å². The molecule has 0 amide bonds. The van der Waals surface area contributed by atoms with Gasteiger partial charge in [0.2, 0.25) is 0 Å². The van der Waals surface area contributed by atoms with Gasteiger partial charge in [0.1, 0.15) is 0 Å². The first-order chi connectivity index (χ1) is 5.72. The number of nitrogens with zero attached hydrogens (tertiary/aromatic N) is 1. The molecular formula is C10H20N2. The van der Waals surface area contributed by atoms with Crippen LogP contribution >= 0.6 is 0 Å². The van der Waals surface area contributed by atoms with Crippen LogP contribution in [0.5, 0.6) is 0 Å². The van der Waals surface area contributed by atoms with E-state index in [-0.39, 0.29) is 0 Å². The molecule has 2 nitrogen and oxygen atoms in total. The molecule has 2 heteroatoms. The van der Waals surface area contributed by atoms with Crippen LogP contribution < -0.4 is 5.32 Å². The summed E-state index contributed by atoms with van der Waals surface area (Å²) in [5, 5.41) is 3.40. The lowest BCUT2D eigenvalue weighted by molar-refractivity contribution is 0.0259. The zero-order valence-electron chi connectivity index (χ0n) is 8.27. The van der Waals surface area contributed by atoms with Crippen LogP contribution in [0, 0.1) is 5.41 Å². The van der Waals surface area contributed by atoms with Gasteiger partial charge in [-0.05, 0) is 33.2 Å². The average molecular weight is 168 g/mol. The summed E-state index contributed by atoms with van der Waals surface area (Å²) in [6.07, 6.45) is 2.85. The van der Waals surface area contributed by atoms with Crippen LogP contribution in [-0.4, -0.2) is 37.1 Å². The van der Waals surface area contributed by atoms with Crippen LogP contribution in [0.3, 0.4) is 0 Å². The van der Waals surface area contributed by atoms with E-state index in [0.29, 0.717) is 5.41 Å². The minimum atomic E-state index is 0.669. The van der Waals surface area contributed by atoms with Crippen LogP contribution in [0.15, 0.2) is 0 Å². The van der Waals surface area contributed by atoms with Crippen molar-refractivity contribution >= 4 is 0 Å². The molecule has 1 N–H and O–H groups in total. The van der Waals surface area contributed by atoms with Gasteiger partial charge >= 0.3 is 0 Å². The Morgan fingerprint density at radius 3 is 2.58 bits per heavy atom. The summed E-state index contributed by atoms with van der Waals surface area (Å²) < 4.78 is 0. The number of piperidine rings is 1. The van der Waals surface area contributed by atoms with Gasteiger partial charge in [0.15, 0.2) is 0 Å². The highest BCUT2D eigenvalue weighted by atomic mass is 15.2. The Hall–Kier alpha value is -0.0800. The molecule has 0 bridgehead atoms. The highest BCUT2D eigenvalue weighted by molar-refractivity contribution is 4.97. The standard InChI is InChI=1S/C10H20N2/c1-9(2)12-5-3-4-10(8-12)6-11-7-10/h9,11H,3-8H2,1-2H3. The van der Waals surface area contributed by atoms with E-state index in [4.69, 9.17) is 0 Å². The fraction of sp³-hybridized carbons (Fsp3) is 1.00. The first kappa shape index (κ1) is 8.52. The summed E-state index contributed by atoms with van der Waals surface area (Å²) in [6, 6.07) is 0.739. The van der Waals surface area contributed by atoms with Crippen molar-refractivity contribution in [2.45, 2.75) is 32.7 Å². The average Bonchev–Trinajstić information content (AvgIpc) is 2.02. The third-order valence-electron chi connectivity index (χ3n) is 3.42.